The summed E-state index contributed by atoms with van der Waals surface area (Å²) in [6.45, 7) is 7.22. The second kappa shape index (κ2) is 7.27. The summed E-state index contributed by atoms with van der Waals surface area (Å²) in [7, 11) is 0. The summed E-state index contributed by atoms with van der Waals surface area (Å²) in [6, 6.07) is 1.82. The van der Waals surface area contributed by atoms with Crippen molar-refractivity contribution in [1.29, 1.82) is 0 Å². The van der Waals surface area contributed by atoms with Gasteiger partial charge < -0.3 is 5.32 Å². The zero-order chi connectivity index (χ0) is 15.4. The third-order valence-electron chi connectivity index (χ3n) is 4.08. The maximum atomic E-state index is 13.8. The van der Waals surface area contributed by atoms with Crippen LogP contribution in [0.3, 0.4) is 0 Å². The Balaban J connectivity index is 2.07. The molecule has 2 rings (SSSR count). The van der Waals surface area contributed by atoms with E-state index in [4.69, 9.17) is 0 Å². The van der Waals surface area contributed by atoms with Crippen LogP contribution >= 0.6 is 0 Å². The van der Waals surface area contributed by atoms with Crippen LogP contribution in [0.15, 0.2) is 12.1 Å². The molecule has 0 bridgehead atoms. The van der Waals surface area contributed by atoms with E-state index in [0.717, 1.165) is 38.5 Å². The van der Waals surface area contributed by atoms with Crippen LogP contribution in [-0.2, 0) is 6.54 Å². The summed E-state index contributed by atoms with van der Waals surface area (Å²) in [6.07, 6.45) is 2.30. The van der Waals surface area contributed by atoms with Gasteiger partial charge in [-0.25, -0.2) is 13.2 Å². The molecule has 21 heavy (non-hydrogen) atoms. The zero-order valence-electron chi connectivity index (χ0n) is 12.6. The molecule has 0 aliphatic carbocycles. The van der Waals surface area contributed by atoms with E-state index in [2.05, 4.69) is 10.2 Å². The fourth-order valence-corrected chi connectivity index (χ4v) is 2.77. The van der Waals surface area contributed by atoms with Crippen molar-refractivity contribution in [2.45, 2.75) is 39.3 Å². The molecule has 0 saturated carbocycles. The predicted octanol–water partition coefficient (Wildman–Crippen LogP) is 3.31. The summed E-state index contributed by atoms with van der Waals surface area (Å²) in [4.78, 5) is 2.12. The number of benzene rings is 1. The highest BCUT2D eigenvalue weighted by atomic mass is 19.2. The molecule has 1 fully saturated rings. The van der Waals surface area contributed by atoms with E-state index in [1.54, 1.807) is 0 Å². The third kappa shape index (κ3) is 4.45. The van der Waals surface area contributed by atoms with Gasteiger partial charge in [-0.2, -0.15) is 0 Å². The lowest BCUT2D eigenvalue weighted by molar-refractivity contribution is 0.162. The minimum Gasteiger partial charge on any atom is -0.316 e. The third-order valence-corrected chi connectivity index (χ3v) is 4.08. The van der Waals surface area contributed by atoms with Crippen LogP contribution in [0.4, 0.5) is 13.2 Å². The molecule has 1 aromatic carbocycles. The first-order valence-electron chi connectivity index (χ1n) is 7.55. The maximum Gasteiger partial charge on any atom is 0.161 e. The quantitative estimate of drug-likeness (QED) is 0.839. The molecule has 0 radical (unpaired) electrons. The van der Waals surface area contributed by atoms with Crippen LogP contribution in [0.2, 0.25) is 0 Å². The number of rotatable bonds is 5. The number of nitrogens with one attached hydrogen (secondary N) is 1. The normalized spacial score (nSPS) is 19.5. The molecule has 1 aromatic rings. The summed E-state index contributed by atoms with van der Waals surface area (Å²) in [5, 5.41) is 3.36. The highest BCUT2D eigenvalue weighted by Gasteiger charge is 2.21. The lowest BCUT2D eigenvalue weighted by Crippen LogP contribution is -2.41. The monoisotopic (exact) mass is 300 g/mol. The Kier molecular flexibility index (Phi) is 5.65. The van der Waals surface area contributed by atoms with Crippen molar-refractivity contribution in [2.75, 3.05) is 19.6 Å². The highest BCUT2D eigenvalue weighted by Crippen LogP contribution is 2.19. The molecule has 1 N–H and O–H groups in total. The molecule has 2 nitrogen and oxygen atoms in total. The fraction of sp³-hybridized carbons (Fsp3) is 0.625. The van der Waals surface area contributed by atoms with E-state index in [1.165, 1.54) is 0 Å². The van der Waals surface area contributed by atoms with E-state index in [0.29, 0.717) is 18.5 Å². The Morgan fingerprint density at radius 3 is 2.52 bits per heavy atom. The van der Waals surface area contributed by atoms with Gasteiger partial charge in [-0.05, 0) is 51.8 Å². The molecule has 1 aliphatic rings. The fourth-order valence-electron chi connectivity index (χ4n) is 2.77. The van der Waals surface area contributed by atoms with Gasteiger partial charge in [-0.15, -0.1) is 0 Å². The molecule has 1 unspecified atom stereocenters. The summed E-state index contributed by atoms with van der Waals surface area (Å²) < 4.78 is 40.1. The van der Waals surface area contributed by atoms with Crippen LogP contribution in [0.25, 0.3) is 0 Å². The van der Waals surface area contributed by atoms with Crippen molar-refractivity contribution in [3.63, 3.8) is 0 Å². The van der Waals surface area contributed by atoms with Crippen molar-refractivity contribution in [2.24, 2.45) is 5.92 Å². The van der Waals surface area contributed by atoms with Crippen molar-refractivity contribution in [3.8, 4) is 0 Å². The number of hydrogen-bond acceptors (Lipinski definition) is 2. The first-order chi connectivity index (χ1) is 9.97. The second-order valence-corrected chi connectivity index (χ2v) is 6.09. The summed E-state index contributed by atoms with van der Waals surface area (Å²) >= 11 is 0. The number of nitrogens with zero attached hydrogens (tertiary/aromatic N) is 1. The van der Waals surface area contributed by atoms with Crippen molar-refractivity contribution < 1.29 is 13.2 Å². The van der Waals surface area contributed by atoms with E-state index in [9.17, 15) is 13.2 Å². The minimum atomic E-state index is -1.14. The SMILES string of the molecule is CC(C)N(Cc1cc(F)c(F)cc1F)CC1CCCNC1. The van der Waals surface area contributed by atoms with Crippen molar-refractivity contribution >= 4 is 0 Å². The average Bonchev–Trinajstić information content (AvgIpc) is 2.44. The van der Waals surface area contributed by atoms with E-state index < -0.39 is 17.5 Å². The predicted molar refractivity (Wildman–Crippen MR) is 77.5 cm³/mol. The lowest BCUT2D eigenvalue weighted by atomic mass is 9.98. The first-order valence-corrected chi connectivity index (χ1v) is 7.55. The van der Waals surface area contributed by atoms with Gasteiger partial charge in [0.15, 0.2) is 11.6 Å². The van der Waals surface area contributed by atoms with Crippen molar-refractivity contribution in [3.05, 3.63) is 35.1 Å². The van der Waals surface area contributed by atoms with Crippen LogP contribution in [-0.4, -0.2) is 30.6 Å². The van der Waals surface area contributed by atoms with Gasteiger partial charge in [0.1, 0.15) is 5.82 Å². The molecular weight excluding hydrogens is 277 g/mol. The Labute approximate surface area is 124 Å². The number of hydrogen-bond donors (Lipinski definition) is 1. The van der Waals surface area contributed by atoms with Crippen LogP contribution in [0.5, 0.6) is 0 Å². The number of halogens is 3. The lowest BCUT2D eigenvalue weighted by Gasteiger charge is -2.33. The second-order valence-electron chi connectivity index (χ2n) is 6.09. The zero-order valence-corrected chi connectivity index (χ0v) is 12.6. The molecular formula is C16H23F3N2. The molecule has 0 spiro atoms. The summed E-state index contributed by atoms with van der Waals surface area (Å²) in [5.41, 5.74) is 0.214. The number of piperidine rings is 1. The first kappa shape index (κ1) is 16.3. The van der Waals surface area contributed by atoms with Gasteiger partial charge in [0, 0.05) is 30.8 Å². The van der Waals surface area contributed by atoms with Gasteiger partial charge in [0.2, 0.25) is 0 Å². The molecule has 5 heteroatoms. The van der Waals surface area contributed by atoms with Gasteiger partial charge >= 0.3 is 0 Å². The van der Waals surface area contributed by atoms with Gasteiger partial charge in [-0.1, -0.05) is 0 Å². The highest BCUT2D eigenvalue weighted by molar-refractivity contribution is 5.20. The van der Waals surface area contributed by atoms with Crippen LogP contribution < -0.4 is 5.32 Å². The maximum absolute atomic E-state index is 13.8. The molecule has 0 amide bonds. The molecule has 1 heterocycles. The van der Waals surface area contributed by atoms with E-state index >= 15 is 0 Å². The largest absolute Gasteiger partial charge is 0.316 e. The Morgan fingerprint density at radius 2 is 1.90 bits per heavy atom. The van der Waals surface area contributed by atoms with Crippen LogP contribution in [0.1, 0.15) is 32.3 Å². The van der Waals surface area contributed by atoms with Crippen LogP contribution in [0, 0.1) is 23.4 Å². The topological polar surface area (TPSA) is 15.3 Å². The minimum absolute atomic E-state index is 0.214. The average molecular weight is 300 g/mol. The van der Waals surface area contributed by atoms with Gasteiger partial charge in [-0.3, -0.25) is 4.90 Å². The summed E-state index contributed by atoms with van der Waals surface area (Å²) in [5.74, 6) is -2.28. The molecule has 1 atom stereocenters. The Morgan fingerprint density at radius 1 is 1.19 bits per heavy atom. The molecule has 0 aromatic heterocycles. The molecule has 1 saturated heterocycles. The van der Waals surface area contributed by atoms with Crippen molar-refractivity contribution in [1.82, 2.24) is 10.2 Å². The molecule has 1 aliphatic heterocycles. The van der Waals surface area contributed by atoms with E-state index in [1.807, 2.05) is 13.8 Å². The standard InChI is InChI=1S/C16H23F3N2/c1-11(2)21(9-12-4-3-5-20-8-12)10-13-6-15(18)16(19)7-14(13)17/h6-7,11-12,20H,3-5,8-10H2,1-2H3. The van der Waals surface area contributed by atoms with Gasteiger partial charge in [0.05, 0.1) is 0 Å². The smallest absolute Gasteiger partial charge is 0.161 e. The van der Waals surface area contributed by atoms with Gasteiger partial charge in [0.25, 0.3) is 0 Å². The van der Waals surface area contributed by atoms with E-state index in [-0.39, 0.29) is 11.6 Å². The molecule has 118 valence electrons. The Hall–Kier alpha value is -1.07. The Bertz CT molecular complexity index is 471.